The molecule has 2 amide bonds. The molecule has 0 bridgehead atoms. The van der Waals surface area contributed by atoms with Gasteiger partial charge in [-0.3, -0.25) is 20.3 Å². The average molecular weight is 796 g/mol. The first-order chi connectivity index (χ1) is 29.1. The number of rotatable bonds is 15. The second kappa shape index (κ2) is 17.6. The van der Waals surface area contributed by atoms with Crippen LogP contribution in [0.2, 0.25) is 0 Å². The summed E-state index contributed by atoms with van der Waals surface area (Å²) in [5, 5.41) is 24.1. The lowest BCUT2D eigenvalue weighted by atomic mass is 9.66. The standard InChI is InChI=1S/C51H51N6O3/c1-8-20-56(21-9-2)44-28-41(54-31(5)58)46(39-26-35-18-14-12-16-33(35)24-37(39)44)49-48(43(30-52)53-7)50(51(49)60)47-40-27-36-19-15-13-17-34(36)25-38(40)45(29-42(47)55-32(6)59)57(22-10-3)23-11-4/h12-19,24-29,49H,8-11,20-23H2,1-6H3,(H,54,58)(H,55,59)/q-1. The molecule has 0 fully saturated rings. The van der Waals surface area contributed by atoms with Crippen molar-refractivity contribution in [1.82, 2.24) is 0 Å². The normalized spacial score (nSPS) is 13.6. The summed E-state index contributed by atoms with van der Waals surface area (Å²) >= 11 is 0. The van der Waals surface area contributed by atoms with Gasteiger partial charge in [0, 0.05) is 79.0 Å². The monoisotopic (exact) mass is 795 g/mol. The number of carbonyl (C=O) groups excluding carboxylic acids is 3. The number of fused-ring (bicyclic) bond motifs is 4. The van der Waals surface area contributed by atoms with E-state index in [4.69, 9.17) is 6.57 Å². The van der Waals surface area contributed by atoms with E-state index in [0.29, 0.717) is 22.5 Å². The topological polar surface area (TPSA) is 108 Å². The Morgan fingerprint density at radius 2 is 1.08 bits per heavy atom. The Morgan fingerprint density at radius 1 is 0.667 bits per heavy atom. The summed E-state index contributed by atoms with van der Waals surface area (Å²) in [6, 6.07) is 28.4. The molecule has 9 nitrogen and oxygen atoms in total. The molecule has 9 heteroatoms. The van der Waals surface area contributed by atoms with E-state index in [-0.39, 0.29) is 34.4 Å². The molecule has 1 unspecified atom stereocenters. The molecule has 6 aromatic carbocycles. The van der Waals surface area contributed by atoms with E-state index in [0.717, 1.165) is 106 Å². The molecule has 1 aliphatic rings. The summed E-state index contributed by atoms with van der Waals surface area (Å²) in [5.74, 6) is 0.147. The number of anilines is 4. The van der Waals surface area contributed by atoms with E-state index < -0.39 is 5.92 Å². The third kappa shape index (κ3) is 7.51. The summed E-state index contributed by atoms with van der Waals surface area (Å²) in [5.41, 5.74) is 4.03. The van der Waals surface area contributed by atoms with Gasteiger partial charge >= 0.3 is 0 Å². The predicted molar refractivity (Wildman–Crippen MR) is 250 cm³/mol. The van der Waals surface area contributed by atoms with Crippen molar-refractivity contribution >= 4 is 94.9 Å². The molecule has 0 heterocycles. The molecule has 1 aliphatic carbocycles. The van der Waals surface area contributed by atoms with Gasteiger partial charge in [0.2, 0.25) is 17.5 Å². The van der Waals surface area contributed by atoms with E-state index >= 15 is 4.79 Å². The highest BCUT2D eigenvalue weighted by molar-refractivity contribution is 6.39. The summed E-state index contributed by atoms with van der Waals surface area (Å²) in [7, 11) is 0. The molecule has 1 atom stereocenters. The van der Waals surface area contributed by atoms with Crippen molar-refractivity contribution in [1.29, 1.82) is 0 Å². The van der Waals surface area contributed by atoms with Crippen molar-refractivity contribution in [3.8, 4) is 0 Å². The van der Waals surface area contributed by atoms with E-state index in [1.807, 2.05) is 48.5 Å². The number of hydrogen-bond acceptors (Lipinski definition) is 5. The maximum Gasteiger partial charge on any atom is 0.221 e. The lowest BCUT2D eigenvalue weighted by Crippen LogP contribution is -2.32. The van der Waals surface area contributed by atoms with Crippen LogP contribution < -0.4 is 20.4 Å². The Kier molecular flexibility index (Phi) is 12.2. The molecule has 2 N–H and O–H groups in total. The van der Waals surface area contributed by atoms with Crippen LogP contribution in [0.4, 0.5) is 22.7 Å². The van der Waals surface area contributed by atoms with E-state index in [9.17, 15) is 15.0 Å². The minimum Gasteiger partial charge on any atom is -0.775 e. The van der Waals surface area contributed by atoms with Crippen LogP contribution in [0.25, 0.3) is 58.9 Å². The SMILES string of the molecule is [C-]#[N+]C(=C=[N-])C1=C(c2c(NC(C)=O)cc(N(CCC)CCC)c3cc4ccccc4cc23)C(=O)C1c1c(NC(C)=O)cc(N(CCC)CCC)c2cc3ccccc3cc12. The second-order valence-electron chi connectivity index (χ2n) is 15.7. The number of nitrogens with zero attached hydrogens (tertiary/aromatic N) is 4. The van der Waals surface area contributed by atoms with Gasteiger partial charge in [-0.05, 0) is 106 Å². The van der Waals surface area contributed by atoms with Crippen LogP contribution in [-0.2, 0) is 14.4 Å². The van der Waals surface area contributed by atoms with Crippen molar-refractivity contribution in [3.63, 3.8) is 0 Å². The fourth-order valence-electron chi connectivity index (χ4n) is 9.08. The van der Waals surface area contributed by atoms with Crippen molar-refractivity contribution in [2.75, 3.05) is 46.6 Å². The molecule has 304 valence electrons. The zero-order valence-electron chi connectivity index (χ0n) is 35.3. The number of ketones is 1. The minimum atomic E-state index is -1.06. The zero-order chi connectivity index (χ0) is 42.7. The maximum atomic E-state index is 15.5. The quantitative estimate of drug-likeness (QED) is 0.0611. The van der Waals surface area contributed by atoms with Crippen molar-refractivity contribution in [2.24, 2.45) is 0 Å². The minimum absolute atomic E-state index is 0.214. The van der Waals surface area contributed by atoms with E-state index in [2.05, 4.69) is 95.2 Å². The van der Waals surface area contributed by atoms with Gasteiger partial charge in [-0.25, -0.2) is 4.85 Å². The Labute approximate surface area is 352 Å². The van der Waals surface area contributed by atoms with Crippen LogP contribution in [-0.4, -0.2) is 49.6 Å². The number of allylic oxidation sites excluding steroid dienone is 2. The van der Waals surface area contributed by atoms with E-state index in [1.165, 1.54) is 13.8 Å². The van der Waals surface area contributed by atoms with Crippen LogP contribution in [0.5, 0.6) is 0 Å². The van der Waals surface area contributed by atoms with Gasteiger partial charge < -0.3 is 25.8 Å². The molecule has 0 aromatic heterocycles. The predicted octanol–water partition coefficient (Wildman–Crippen LogP) is 11.6. The molecule has 7 rings (SSSR count). The van der Waals surface area contributed by atoms with Crippen LogP contribution in [0.15, 0.2) is 96.2 Å². The first-order valence-electron chi connectivity index (χ1n) is 21.1. The fourth-order valence-corrected chi connectivity index (χ4v) is 9.08. The molecule has 0 spiro atoms. The number of nitrogens with one attached hydrogen (secondary N) is 2. The molecule has 60 heavy (non-hydrogen) atoms. The first kappa shape index (κ1) is 41.4. The van der Waals surface area contributed by atoms with Gasteiger partial charge in [0.1, 0.15) is 0 Å². The Balaban J connectivity index is 1.63. The summed E-state index contributed by atoms with van der Waals surface area (Å²) < 4.78 is 0. The third-order valence-corrected chi connectivity index (χ3v) is 11.4. The van der Waals surface area contributed by atoms with Crippen LogP contribution in [0.1, 0.15) is 84.3 Å². The van der Waals surface area contributed by atoms with Crippen LogP contribution in [0, 0.1) is 6.57 Å². The van der Waals surface area contributed by atoms with E-state index in [1.54, 1.807) is 0 Å². The number of benzene rings is 6. The van der Waals surface area contributed by atoms with Gasteiger partial charge in [-0.15, -0.1) is 0 Å². The average Bonchev–Trinajstić information content (AvgIpc) is 3.23. The molecule has 0 saturated heterocycles. The summed E-state index contributed by atoms with van der Waals surface area (Å²) in [6.45, 7) is 22.9. The lowest BCUT2D eigenvalue weighted by molar-refractivity contribution is -0.116. The van der Waals surface area contributed by atoms with Crippen LogP contribution >= 0.6 is 0 Å². The van der Waals surface area contributed by atoms with Crippen molar-refractivity contribution in [3.05, 3.63) is 124 Å². The van der Waals surface area contributed by atoms with Gasteiger partial charge in [0.25, 0.3) is 0 Å². The van der Waals surface area contributed by atoms with Gasteiger partial charge in [0.05, 0.1) is 18.2 Å². The molecular formula is C51H51N6O3-. The number of hydrogen-bond donors (Lipinski definition) is 2. The lowest BCUT2D eigenvalue weighted by Gasteiger charge is -2.37. The highest BCUT2D eigenvalue weighted by Gasteiger charge is 2.46. The van der Waals surface area contributed by atoms with Crippen molar-refractivity contribution in [2.45, 2.75) is 73.1 Å². The Morgan fingerprint density at radius 3 is 1.52 bits per heavy atom. The van der Waals surface area contributed by atoms with Crippen LogP contribution in [0.3, 0.4) is 0 Å². The molecule has 0 saturated carbocycles. The largest absolute Gasteiger partial charge is 0.775 e. The third-order valence-electron chi connectivity index (χ3n) is 11.4. The van der Waals surface area contributed by atoms with Crippen molar-refractivity contribution < 1.29 is 14.4 Å². The molecular weight excluding hydrogens is 745 g/mol. The molecule has 6 aromatic rings. The summed E-state index contributed by atoms with van der Waals surface area (Å²) in [6.07, 6.45) is 3.62. The van der Waals surface area contributed by atoms with Gasteiger partial charge in [-0.2, -0.15) is 0 Å². The van der Waals surface area contributed by atoms with Gasteiger partial charge in [0.15, 0.2) is 5.78 Å². The Bertz CT molecular complexity index is 2830. The highest BCUT2D eigenvalue weighted by atomic mass is 16.2. The fraction of sp³-hybridized carbons (Fsp3) is 0.294. The first-order valence-corrected chi connectivity index (χ1v) is 21.1. The Hall–Kier alpha value is -6.75. The molecule has 0 aliphatic heterocycles. The highest BCUT2D eigenvalue weighted by Crippen LogP contribution is 2.56. The number of Topliss-reactive ketones (excluding diaryl/α,β-unsaturated/α-hetero) is 1. The molecule has 0 radical (unpaired) electrons. The summed E-state index contributed by atoms with van der Waals surface area (Å²) in [4.78, 5) is 50.1. The number of amides is 2. The maximum absolute atomic E-state index is 15.5. The zero-order valence-corrected chi connectivity index (χ0v) is 35.3. The number of carbonyl (C=O) groups is 3. The smallest absolute Gasteiger partial charge is 0.221 e. The second-order valence-corrected chi connectivity index (χ2v) is 15.7. The van der Waals surface area contributed by atoms with Gasteiger partial charge in [-0.1, -0.05) is 76.2 Å².